The van der Waals surface area contributed by atoms with Gasteiger partial charge in [0.15, 0.2) is 5.75 Å². The Bertz CT molecular complexity index is 547. The minimum atomic E-state index is -0.486. The molecule has 0 saturated heterocycles. The van der Waals surface area contributed by atoms with E-state index in [4.69, 9.17) is 15.2 Å². The highest BCUT2D eigenvalue weighted by Crippen LogP contribution is 2.42. The van der Waals surface area contributed by atoms with Crippen molar-refractivity contribution in [1.29, 1.82) is 0 Å². The summed E-state index contributed by atoms with van der Waals surface area (Å²) in [6.07, 6.45) is 0. The molecule has 2 N–H and O–H groups in total. The second-order valence-corrected chi connectivity index (χ2v) is 4.21. The van der Waals surface area contributed by atoms with Crippen LogP contribution in [0, 0.1) is 0 Å². The zero-order chi connectivity index (χ0) is 11.7. The summed E-state index contributed by atoms with van der Waals surface area (Å²) in [5, 5.41) is 0.798. The fraction of sp³-hybridized carbons (Fsp3) is 0.182. The summed E-state index contributed by atoms with van der Waals surface area (Å²) in [5.41, 5.74) is 5.30. The van der Waals surface area contributed by atoms with Gasteiger partial charge < -0.3 is 15.2 Å². The summed E-state index contributed by atoms with van der Waals surface area (Å²) in [7, 11) is 3.09. The van der Waals surface area contributed by atoms with E-state index >= 15 is 0 Å². The van der Waals surface area contributed by atoms with Gasteiger partial charge in [0, 0.05) is 4.70 Å². The lowest BCUT2D eigenvalue weighted by atomic mass is 10.2. The monoisotopic (exact) mass is 237 g/mol. The maximum absolute atomic E-state index is 11.3. The van der Waals surface area contributed by atoms with Crippen molar-refractivity contribution in [2.45, 2.75) is 0 Å². The van der Waals surface area contributed by atoms with Gasteiger partial charge in [-0.25, -0.2) is 0 Å². The highest BCUT2D eigenvalue weighted by Gasteiger charge is 2.19. The lowest BCUT2D eigenvalue weighted by molar-refractivity contribution is 0.100. The second kappa shape index (κ2) is 4.02. The zero-order valence-corrected chi connectivity index (χ0v) is 9.76. The molecule has 1 aromatic heterocycles. The summed E-state index contributed by atoms with van der Waals surface area (Å²) >= 11 is 1.31. The molecule has 0 unspecified atom stereocenters. The molecule has 4 nitrogen and oxygen atoms in total. The largest absolute Gasteiger partial charge is 0.496 e. The van der Waals surface area contributed by atoms with Crippen molar-refractivity contribution in [3.63, 3.8) is 0 Å². The number of hydrogen-bond donors (Lipinski definition) is 1. The molecule has 1 aromatic carbocycles. The molecule has 1 amide bonds. The van der Waals surface area contributed by atoms with Crippen LogP contribution in [0.5, 0.6) is 11.5 Å². The van der Waals surface area contributed by atoms with Crippen LogP contribution in [0.4, 0.5) is 0 Å². The summed E-state index contributed by atoms with van der Waals surface area (Å²) in [6.45, 7) is 0. The number of rotatable bonds is 3. The molecule has 5 heteroatoms. The Morgan fingerprint density at radius 1 is 1.31 bits per heavy atom. The molecule has 16 heavy (non-hydrogen) atoms. The Balaban J connectivity index is 2.83. The van der Waals surface area contributed by atoms with Gasteiger partial charge in [0.2, 0.25) is 0 Å². The van der Waals surface area contributed by atoms with E-state index in [2.05, 4.69) is 0 Å². The van der Waals surface area contributed by atoms with Crippen molar-refractivity contribution in [3.8, 4) is 11.5 Å². The number of fused-ring (bicyclic) bond motifs is 1. The Labute approximate surface area is 96.6 Å². The Kier molecular flexibility index (Phi) is 2.70. The molecular formula is C11H11NO3S. The number of carbonyl (C=O) groups is 1. The Hall–Kier alpha value is -1.75. The van der Waals surface area contributed by atoms with Gasteiger partial charge in [-0.3, -0.25) is 4.79 Å². The third-order valence-electron chi connectivity index (χ3n) is 2.28. The maximum Gasteiger partial charge on any atom is 0.262 e. The van der Waals surface area contributed by atoms with Gasteiger partial charge in [0.25, 0.3) is 5.91 Å². The van der Waals surface area contributed by atoms with Crippen LogP contribution < -0.4 is 15.2 Å². The summed E-state index contributed by atoms with van der Waals surface area (Å²) < 4.78 is 11.4. The van der Waals surface area contributed by atoms with Crippen molar-refractivity contribution in [2.75, 3.05) is 14.2 Å². The van der Waals surface area contributed by atoms with E-state index in [9.17, 15) is 4.79 Å². The fourth-order valence-corrected chi connectivity index (χ4v) is 2.66. The van der Waals surface area contributed by atoms with Crippen molar-refractivity contribution in [2.24, 2.45) is 5.73 Å². The second-order valence-electron chi connectivity index (χ2n) is 3.16. The first-order valence-electron chi connectivity index (χ1n) is 4.62. The van der Waals surface area contributed by atoms with Crippen LogP contribution in [0.1, 0.15) is 9.67 Å². The van der Waals surface area contributed by atoms with Crippen LogP contribution in [0.15, 0.2) is 18.2 Å². The zero-order valence-electron chi connectivity index (χ0n) is 8.94. The van der Waals surface area contributed by atoms with Crippen LogP contribution >= 0.6 is 11.3 Å². The molecule has 0 fully saturated rings. The van der Waals surface area contributed by atoms with E-state index in [1.54, 1.807) is 7.11 Å². The number of benzene rings is 1. The smallest absolute Gasteiger partial charge is 0.262 e. The van der Waals surface area contributed by atoms with Gasteiger partial charge in [-0.1, -0.05) is 6.07 Å². The van der Waals surface area contributed by atoms with E-state index in [0.717, 1.165) is 10.1 Å². The normalized spacial score (nSPS) is 10.4. The van der Waals surface area contributed by atoms with E-state index in [1.165, 1.54) is 18.4 Å². The van der Waals surface area contributed by atoms with E-state index in [-0.39, 0.29) is 0 Å². The average Bonchev–Trinajstić information content (AvgIpc) is 2.67. The number of nitrogens with two attached hydrogens (primary N) is 1. The van der Waals surface area contributed by atoms with Gasteiger partial charge in [-0.2, -0.15) is 0 Å². The predicted molar refractivity (Wildman–Crippen MR) is 63.4 cm³/mol. The van der Waals surface area contributed by atoms with E-state index in [1.807, 2.05) is 18.2 Å². The topological polar surface area (TPSA) is 61.5 Å². The quantitative estimate of drug-likeness (QED) is 0.888. The molecule has 0 atom stereocenters. The maximum atomic E-state index is 11.3. The van der Waals surface area contributed by atoms with Crippen molar-refractivity contribution in [1.82, 2.24) is 0 Å². The van der Waals surface area contributed by atoms with Crippen LogP contribution in [0.3, 0.4) is 0 Å². The summed E-state index contributed by atoms with van der Waals surface area (Å²) in [6, 6.07) is 5.59. The molecule has 1 heterocycles. The highest BCUT2D eigenvalue weighted by atomic mass is 32.1. The number of amides is 1. The highest BCUT2D eigenvalue weighted by molar-refractivity contribution is 7.21. The van der Waals surface area contributed by atoms with Gasteiger partial charge in [0.05, 0.1) is 19.6 Å². The van der Waals surface area contributed by atoms with E-state index in [0.29, 0.717) is 16.4 Å². The SMILES string of the molecule is COc1cccc2sc(C(N)=O)c(OC)c12. The minimum absolute atomic E-state index is 0.419. The third-order valence-corrected chi connectivity index (χ3v) is 3.43. The summed E-state index contributed by atoms with van der Waals surface area (Å²) in [4.78, 5) is 11.7. The van der Waals surface area contributed by atoms with Crippen LogP contribution in [0.2, 0.25) is 0 Å². The van der Waals surface area contributed by atoms with Crippen LogP contribution in [-0.4, -0.2) is 20.1 Å². The third kappa shape index (κ3) is 1.49. The average molecular weight is 237 g/mol. The van der Waals surface area contributed by atoms with Gasteiger partial charge in [0.1, 0.15) is 10.6 Å². The molecule has 0 bridgehead atoms. The van der Waals surface area contributed by atoms with E-state index < -0.39 is 5.91 Å². The number of carbonyl (C=O) groups excluding carboxylic acids is 1. The molecule has 2 rings (SSSR count). The first-order valence-corrected chi connectivity index (χ1v) is 5.44. The van der Waals surface area contributed by atoms with Crippen molar-refractivity contribution >= 4 is 27.3 Å². The molecule has 0 aliphatic carbocycles. The summed E-state index contributed by atoms with van der Waals surface area (Å²) in [5.74, 6) is 0.683. The molecule has 0 aliphatic rings. The Morgan fingerprint density at radius 2 is 2.06 bits per heavy atom. The van der Waals surface area contributed by atoms with Crippen molar-refractivity contribution < 1.29 is 14.3 Å². The minimum Gasteiger partial charge on any atom is -0.496 e. The Morgan fingerprint density at radius 3 is 2.62 bits per heavy atom. The molecule has 0 aliphatic heterocycles. The van der Waals surface area contributed by atoms with Gasteiger partial charge in [-0.05, 0) is 12.1 Å². The number of methoxy groups -OCH3 is 2. The lowest BCUT2D eigenvalue weighted by Crippen LogP contribution is -2.09. The number of hydrogen-bond acceptors (Lipinski definition) is 4. The number of ether oxygens (including phenoxy) is 2. The lowest BCUT2D eigenvalue weighted by Gasteiger charge is -2.04. The standard InChI is InChI=1S/C11H11NO3S/c1-14-6-4-3-5-7-8(6)9(15-2)10(16-7)11(12)13/h3-5H,1-2H3,(H2,12,13). The predicted octanol–water partition coefficient (Wildman–Crippen LogP) is 2.02. The molecule has 0 spiro atoms. The van der Waals surface area contributed by atoms with Crippen molar-refractivity contribution in [3.05, 3.63) is 23.1 Å². The van der Waals surface area contributed by atoms with Gasteiger partial charge in [-0.15, -0.1) is 11.3 Å². The molecule has 2 aromatic rings. The molecule has 0 radical (unpaired) electrons. The van der Waals surface area contributed by atoms with Crippen LogP contribution in [-0.2, 0) is 0 Å². The first-order chi connectivity index (χ1) is 7.69. The molecule has 0 saturated carbocycles. The molecule has 84 valence electrons. The first kappa shape index (κ1) is 10.8. The fourth-order valence-electron chi connectivity index (χ4n) is 1.62. The molecular weight excluding hydrogens is 226 g/mol. The van der Waals surface area contributed by atoms with Gasteiger partial charge >= 0.3 is 0 Å². The number of thiophene rings is 1. The van der Waals surface area contributed by atoms with Crippen LogP contribution in [0.25, 0.3) is 10.1 Å². The number of primary amides is 1.